The van der Waals surface area contributed by atoms with E-state index >= 15 is 0 Å². The number of aromatic hydroxyl groups is 1. The van der Waals surface area contributed by atoms with Crippen molar-refractivity contribution < 1.29 is 19.5 Å². The molecule has 3 aliphatic heterocycles. The van der Waals surface area contributed by atoms with E-state index in [1.807, 2.05) is 44.4 Å². The number of fused-ring (bicyclic) bond motifs is 1. The van der Waals surface area contributed by atoms with Gasteiger partial charge in [0.25, 0.3) is 0 Å². The van der Waals surface area contributed by atoms with Crippen LogP contribution in [0.5, 0.6) is 5.75 Å². The number of hydrogen-bond donors (Lipinski definition) is 5. The first-order valence-corrected chi connectivity index (χ1v) is 18.5. The van der Waals surface area contributed by atoms with E-state index in [2.05, 4.69) is 31.8 Å². The molecule has 13 heteroatoms. The summed E-state index contributed by atoms with van der Waals surface area (Å²) >= 11 is 0. The third-order valence-electron chi connectivity index (χ3n) is 12.1. The number of nitrogens with zero attached hydrogens (tertiary/aromatic N) is 6. The second-order valence-electron chi connectivity index (χ2n) is 15.8. The molecule has 2 saturated heterocycles. The molecule has 0 amide bonds. The average molecular weight is 708 g/mol. The number of nitrogens with two attached hydrogens (primary N) is 2. The van der Waals surface area contributed by atoms with Crippen LogP contribution in [0.15, 0.2) is 47.2 Å². The van der Waals surface area contributed by atoms with E-state index in [0.717, 1.165) is 74.6 Å². The Morgan fingerprint density at radius 1 is 1.12 bits per heavy atom. The number of phenolic OH excluding ortho intramolecular Hbond substituents is 1. The summed E-state index contributed by atoms with van der Waals surface area (Å²) in [5.41, 5.74) is 18.5. The summed E-state index contributed by atoms with van der Waals surface area (Å²) < 4.78 is 5.47. The van der Waals surface area contributed by atoms with Gasteiger partial charge in [-0.05, 0) is 81.3 Å². The minimum Gasteiger partial charge on any atom is -0.507 e. The monoisotopic (exact) mass is 707 g/mol. The van der Waals surface area contributed by atoms with E-state index in [-0.39, 0.29) is 17.7 Å². The number of anilines is 3. The molecule has 52 heavy (non-hydrogen) atoms. The molecule has 7 N–H and O–H groups in total. The molecule has 3 fully saturated rings. The SMILES string of the molecule is CC(C)C(C(=O)O)c1cc(N2CC3(CC(N4CCC(c5cnc(N6CCc7[nH]c(N)c(/C=C(\N)c8ccccc8O)c7C6C)nc5)CC4)C3)C2)no1. The number of H-pyrrole nitrogens is 1. The van der Waals surface area contributed by atoms with Crippen molar-refractivity contribution in [2.45, 2.75) is 76.8 Å². The molecule has 2 atom stereocenters. The standard InChI is InChI=1S/C39H49N9O4/c1-22(2)34(37(50)51)32-15-33(45-52-32)47-20-39(21-47)16-26(17-39)46-11-8-24(9-12-46)25-18-42-38(43-19-25)48-13-10-30-35(23(48)3)28(36(41)44-30)14-29(40)27-6-4-5-7-31(27)49/h4-7,14-15,18-19,22-24,26,34,44,49H,8-13,16-17,20-21,40-41H2,1-3H3,(H,50,51)/b29-14-. The zero-order chi connectivity index (χ0) is 36.3. The highest BCUT2D eigenvalue weighted by atomic mass is 16.5. The molecule has 6 heterocycles. The molecule has 8 rings (SSSR count). The van der Waals surface area contributed by atoms with Crippen molar-refractivity contribution in [3.05, 3.63) is 76.4 Å². The highest BCUT2D eigenvalue weighted by molar-refractivity contribution is 5.86. The molecule has 4 aromatic rings. The number of carboxylic acid groups (broad SMARTS) is 1. The number of carbonyl (C=O) groups is 1. The maximum Gasteiger partial charge on any atom is 0.314 e. The highest BCUT2D eigenvalue weighted by Gasteiger charge is 2.54. The Balaban J connectivity index is 0.845. The zero-order valence-corrected chi connectivity index (χ0v) is 30.1. The van der Waals surface area contributed by atoms with Gasteiger partial charge in [0.1, 0.15) is 17.5 Å². The fourth-order valence-electron chi connectivity index (χ4n) is 9.22. The summed E-state index contributed by atoms with van der Waals surface area (Å²) in [5, 5.41) is 24.1. The minimum absolute atomic E-state index is 0.0223. The van der Waals surface area contributed by atoms with Crippen LogP contribution < -0.4 is 21.3 Å². The van der Waals surface area contributed by atoms with Gasteiger partial charge >= 0.3 is 5.97 Å². The maximum absolute atomic E-state index is 11.7. The van der Waals surface area contributed by atoms with Crippen LogP contribution in [-0.4, -0.2) is 80.0 Å². The molecule has 1 saturated carbocycles. The fourth-order valence-corrected chi connectivity index (χ4v) is 9.22. The molecule has 1 aromatic carbocycles. The van der Waals surface area contributed by atoms with Gasteiger partial charge in [0.2, 0.25) is 5.95 Å². The van der Waals surface area contributed by atoms with Crippen LogP contribution in [0.2, 0.25) is 0 Å². The van der Waals surface area contributed by atoms with Crippen LogP contribution in [0, 0.1) is 11.3 Å². The Bertz CT molecular complexity index is 1960. The molecule has 13 nitrogen and oxygen atoms in total. The number of piperidine rings is 1. The number of nitrogen functional groups attached to an aromatic ring is 1. The molecular weight excluding hydrogens is 658 g/mol. The lowest BCUT2D eigenvalue weighted by Gasteiger charge is -2.61. The van der Waals surface area contributed by atoms with Gasteiger partial charge in [0.15, 0.2) is 11.6 Å². The molecule has 3 aromatic heterocycles. The van der Waals surface area contributed by atoms with Crippen molar-refractivity contribution >= 4 is 35.3 Å². The topological polar surface area (TPSA) is 187 Å². The van der Waals surface area contributed by atoms with Gasteiger partial charge in [-0.3, -0.25) is 4.79 Å². The van der Waals surface area contributed by atoms with E-state index in [9.17, 15) is 15.0 Å². The van der Waals surface area contributed by atoms with Gasteiger partial charge in [-0.15, -0.1) is 0 Å². The zero-order valence-electron chi connectivity index (χ0n) is 30.1. The number of benzene rings is 1. The Morgan fingerprint density at radius 3 is 2.50 bits per heavy atom. The van der Waals surface area contributed by atoms with Gasteiger partial charge < -0.3 is 45.9 Å². The number of para-hydroxylation sites is 1. The predicted octanol–water partition coefficient (Wildman–Crippen LogP) is 5.33. The van der Waals surface area contributed by atoms with Crippen molar-refractivity contribution in [1.29, 1.82) is 0 Å². The molecule has 2 unspecified atom stereocenters. The minimum atomic E-state index is -0.875. The smallest absolute Gasteiger partial charge is 0.314 e. The molecule has 274 valence electrons. The predicted molar refractivity (Wildman–Crippen MR) is 200 cm³/mol. The second kappa shape index (κ2) is 13.2. The van der Waals surface area contributed by atoms with Crippen molar-refractivity contribution in [3.63, 3.8) is 0 Å². The quantitative estimate of drug-likeness (QED) is 0.151. The van der Waals surface area contributed by atoms with Crippen LogP contribution >= 0.6 is 0 Å². The molecular formula is C39H49N9O4. The lowest BCUT2D eigenvalue weighted by Crippen LogP contribution is -2.67. The third kappa shape index (κ3) is 6.04. The summed E-state index contributed by atoms with van der Waals surface area (Å²) in [4.78, 5) is 31.9. The van der Waals surface area contributed by atoms with E-state index in [4.69, 9.17) is 26.0 Å². The van der Waals surface area contributed by atoms with E-state index in [0.29, 0.717) is 46.2 Å². The number of hydrogen-bond acceptors (Lipinski definition) is 11. The van der Waals surface area contributed by atoms with Crippen molar-refractivity contribution in [1.82, 2.24) is 25.0 Å². The molecule has 4 aliphatic rings. The summed E-state index contributed by atoms with van der Waals surface area (Å²) in [6.07, 6.45) is 11.3. The first-order chi connectivity index (χ1) is 25.0. The van der Waals surface area contributed by atoms with Crippen LogP contribution in [0.25, 0.3) is 11.8 Å². The third-order valence-corrected chi connectivity index (χ3v) is 12.1. The van der Waals surface area contributed by atoms with Gasteiger partial charge in [0, 0.05) is 84.1 Å². The number of likely N-dealkylation sites (tertiary alicyclic amines) is 1. The highest BCUT2D eigenvalue weighted by Crippen LogP contribution is 2.52. The van der Waals surface area contributed by atoms with E-state index in [1.165, 1.54) is 18.4 Å². The van der Waals surface area contributed by atoms with Crippen molar-refractivity contribution in [3.8, 4) is 5.75 Å². The average Bonchev–Trinajstić information content (AvgIpc) is 3.68. The van der Waals surface area contributed by atoms with Crippen LogP contribution in [0.3, 0.4) is 0 Å². The molecule has 0 radical (unpaired) electrons. The van der Waals surface area contributed by atoms with E-state index in [1.54, 1.807) is 18.2 Å². The fraction of sp³-hybridized carbons (Fsp3) is 0.487. The van der Waals surface area contributed by atoms with Gasteiger partial charge in [0.05, 0.1) is 6.04 Å². The largest absolute Gasteiger partial charge is 0.507 e. The van der Waals surface area contributed by atoms with Gasteiger partial charge in [-0.1, -0.05) is 31.1 Å². The van der Waals surface area contributed by atoms with Crippen LogP contribution in [-0.2, 0) is 11.2 Å². The first-order valence-electron chi connectivity index (χ1n) is 18.5. The number of rotatable bonds is 9. The van der Waals surface area contributed by atoms with Gasteiger partial charge in [-0.2, -0.15) is 0 Å². The molecule has 1 aliphatic carbocycles. The summed E-state index contributed by atoms with van der Waals surface area (Å²) in [7, 11) is 0. The number of aromatic nitrogens is 4. The number of phenols is 1. The molecule has 0 bridgehead atoms. The lowest BCUT2D eigenvalue weighted by atomic mass is 9.60. The number of carboxylic acids is 1. The molecule has 1 spiro atoms. The number of aliphatic carboxylic acids is 1. The first kappa shape index (κ1) is 34.1. The normalized spacial score (nSPS) is 21.6. The van der Waals surface area contributed by atoms with Crippen molar-refractivity contribution in [2.75, 3.05) is 48.3 Å². The Labute approximate surface area is 303 Å². The Kier molecular flexibility index (Phi) is 8.63. The Hall–Kier alpha value is -5.04. The van der Waals surface area contributed by atoms with E-state index < -0.39 is 11.9 Å². The van der Waals surface area contributed by atoms with Crippen LogP contribution in [0.4, 0.5) is 17.6 Å². The summed E-state index contributed by atoms with van der Waals surface area (Å²) in [6.45, 7) is 10.8. The van der Waals surface area contributed by atoms with Crippen molar-refractivity contribution in [2.24, 2.45) is 17.1 Å². The number of nitrogens with one attached hydrogen (secondary N) is 1. The Morgan fingerprint density at radius 2 is 1.83 bits per heavy atom. The lowest BCUT2D eigenvalue weighted by molar-refractivity contribution is -0.140. The summed E-state index contributed by atoms with van der Waals surface area (Å²) in [6, 6.07) is 9.45. The second-order valence-corrected chi connectivity index (χ2v) is 15.8. The van der Waals surface area contributed by atoms with Crippen LogP contribution in [0.1, 0.15) is 98.0 Å². The maximum atomic E-state index is 11.7. The van der Waals surface area contributed by atoms with Gasteiger partial charge in [-0.25, -0.2) is 9.97 Å². The summed E-state index contributed by atoms with van der Waals surface area (Å²) in [5.74, 6) is 1.42. The number of aromatic amines is 1.